The van der Waals surface area contributed by atoms with E-state index >= 15 is 0 Å². The van der Waals surface area contributed by atoms with Gasteiger partial charge in [0.15, 0.2) is 0 Å². The molecule has 0 saturated heterocycles. The van der Waals surface area contributed by atoms with Crippen molar-refractivity contribution in [2.45, 2.75) is 39.5 Å². The summed E-state index contributed by atoms with van der Waals surface area (Å²) in [7, 11) is 0. The predicted octanol–water partition coefficient (Wildman–Crippen LogP) is 5.95. The van der Waals surface area contributed by atoms with Crippen LogP contribution in [0.4, 0.5) is 5.69 Å². The lowest BCUT2D eigenvalue weighted by Crippen LogP contribution is -2.14. The quantitative estimate of drug-likeness (QED) is 0.560. The van der Waals surface area contributed by atoms with E-state index in [2.05, 4.69) is 69.4 Å². The zero-order valence-corrected chi connectivity index (χ0v) is 14.9. The Kier molecular flexibility index (Phi) is 3.38. The summed E-state index contributed by atoms with van der Waals surface area (Å²) in [6.45, 7) is 9.90. The van der Waals surface area contributed by atoms with Crippen LogP contribution in [-0.4, -0.2) is 6.54 Å². The topological polar surface area (TPSA) is 23.3 Å². The molecule has 1 aliphatic heterocycles. The molecule has 0 radical (unpaired) electrons. The van der Waals surface area contributed by atoms with Crippen LogP contribution in [0.1, 0.15) is 37.7 Å². The van der Waals surface area contributed by atoms with Gasteiger partial charge >= 0.3 is 11.3 Å². The first-order valence-corrected chi connectivity index (χ1v) is 8.69. The molecule has 2 aromatic carbocycles. The van der Waals surface area contributed by atoms with Gasteiger partial charge in [-0.3, -0.25) is 0 Å². The zero-order chi connectivity index (χ0) is 16.9. The lowest BCUT2D eigenvalue weighted by atomic mass is 9.84. The fraction of sp³-hybridized carbons (Fsp3) is 0.318. The number of para-hydroxylation sites is 2. The minimum atomic E-state index is -0.0640. The average Bonchev–Trinajstić information content (AvgIpc) is 3.03. The second-order valence-corrected chi connectivity index (χ2v) is 7.69. The van der Waals surface area contributed by atoms with E-state index in [0.717, 1.165) is 24.3 Å². The second kappa shape index (κ2) is 5.34. The number of rotatable bonds is 1. The normalized spacial score (nSPS) is 13.8. The monoisotopic (exact) mass is 318 g/mol. The van der Waals surface area contributed by atoms with Crippen LogP contribution in [0, 0.1) is 6.92 Å². The van der Waals surface area contributed by atoms with Crippen molar-refractivity contribution >= 4 is 16.7 Å². The van der Waals surface area contributed by atoms with E-state index in [0.29, 0.717) is 0 Å². The summed E-state index contributed by atoms with van der Waals surface area (Å²) >= 11 is 0. The maximum Gasteiger partial charge on any atom is 0.360 e. The summed E-state index contributed by atoms with van der Waals surface area (Å²) in [4.78, 5) is 0. The van der Waals surface area contributed by atoms with Gasteiger partial charge in [0.2, 0.25) is 0 Å². The molecule has 2 nitrogen and oxygen atoms in total. The van der Waals surface area contributed by atoms with Gasteiger partial charge in [-0.15, -0.1) is 0 Å². The largest absolute Gasteiger partial charge is 0.384 e. The summed E-state index contributed by atoms with van der Waals surface area (Å²) < 4.78 is 6.42. The molecule has 0 saturated carbocycles. The summed E-state index contributed by atoms with van der Waals surface area (Å²) in [6.07, 6.45) is 1.10. The maximum absolute atomic E-state index is 6.42. The molecule has 4 rings (SSSR count). The molecule has 122 valence electrons. The van der Waals surface area contributed by atoms with Crippen LogP contribution < -0.4 is 5.32 Å². The first kappa shape index (κ1) is 15.2. The van der Waals surface area contributed by atoms with E-state index in [-0.39, 0.29) is 5.41 Å². The van der Waals surface area contributed by atoms with Crippen molar-refractivity contribution in [3.63, 3.8) is 0 Å². The molecule has 0 spiro atoms. The summed E-state index contributed by atoms with van der Waals surface area (Å²) in [5.41, 5.74) is 7.38. The van der Waals surface area contributed by atoms with E-state index in [1.807, 2.05) is 6.07 Å². The predicted molar refractivity (Wildman–Crippen MR) is 102 cm³/mol. The third-order valence-electron chi connectivity index (χ3n) is 4.90. The Hall–Kier alpha value is -2.35. The Balaban J connectivity index is 2.11. The van der Waals surface area contributed by atoms with E-state index < -0.39 is 0 Å². The second-order valence-electron chi connectivity index (χ2n) is 7.69. The van der Waals surface area contributed by atoms with E-state index in [1.54, 1.807) is 0 Å². The SMILES string of the molecule is Cc1c(-c2cccc3c2NCC3)c(C(C)(C)C)[o+]c2ccccc12. The number of anilines is 1. The molecule has 0 amide bonds. The third-order valence-corrected chi connectivity index (χ3v) is 4.90. The molecular weight excluding hydrogens is 294 g/mol. The van der Waals surface area contributed by atoms with Crippen LogP contribution in [0.5, 0.6) is 0 Å². The van der Waals surface area contributed by atoms with Gasteiger partial charge in [-0.2, -0.15) is 0 Å². The van der Waals surface area contributed by atoms with Crippen molar-refractivity contribution in [1.82, 2.24) is 0 Å². The number of aryl methyl sites for hydroxylation is 1. The number of fused-ring (bicyclic) bond motifs is 2. The first-order valence-electron chi connectivity index (χ1n) is 8.69. The first-order chi connectivity index (χ1) is 11.5. The Morgan fingerprint density at radius 3 is 2.58 bits per heavy atom. The van der Waals surface area contributed by atoms with Crippen LogP contribution in [0.15, 0.2) is 46.9 Å². The number of hydrogen-bond donors (Lipinski definition) is 1. The van der Waals surface area contributed by atoms with Gasteiger partial charge in [-0.05, 0) is 51.3 Å². The molecule has 2 heteroatoms. The van der Waals surface area contributed by atoms with Gasteiger partial charge in [-0.25, -0.2) is 4.42 Å². The lowest BCUT2D eigenvalue weighted by molar-refractivity contribution is 0.424. The van der Waals surface area contributed by atoms with Crippen LogP contribution in [0.3, 0.4) is 0 Å². The Bertz CT molecular complexity index is 935. The van der Waals surface area contributed by atoms with Gasteiger partial charge in [0.05, 0.1) is 16.4 Å². The fourth-order valence-electron chi connectivity index (χ4n) is 3.73. The number of hydrogen-bond acceptors (Lipinski definition) is 1. The third kappa shape index (κ3) is 2.29. The molecule has 0 unspecified atom stereocenters. The summed E-state index contributed by atoms with van der Waals surface area (Å²) in [6, 6.07) is 15.0. The molecule has 1 aliphatic rings. The smallest absolute Gasteiger partial charge is 0.360 e. The molecule has 0 fully saturated rings. The van der Waals surface area contributed by atoms with Gasteiger partial charge in [0.25, 0.3) is 0 Å². The molecular formula is C22H24NO+. The summed E-state index contributed by atoms with van der Waals surface area (Å²) in [5, 5.41) is 4.77. The van der Waals surface area contributed by atoms with Crippen molar-refractivity contribution in [3.05, 3.63) is 59.4 Å². The lowest BCUT2D eigenvalue weighted by Gasteiger charge is -2.17. The van der Waals surface area contributed by atoms with E-state index in [1.165, 1.54) is 33.3 Å². The van der Waals surface area contributed by atoms with E-state index in [4.69, 9.17) is 4.42 Å². The highest BCUT2D eigenvalue weighted by molar-refractivity contribution is 5.92. The van der Waals surface area contributed by atoms with Gasteiger partial charge in [-0.1, -0.05) is 30.3 Å². The van der Waals surface area contributed by atoms with Gasteiger partial charge in [0, 0.05) is 23.9 Å². The highest BCUT2D eigenvalue weighted by atomic mass is 16.3. The summed E-state index contributed by atoms with van der Waals surface area (Å²) in [5.74, 6) is 1.06. The molecule has 0 aliphatic carbocycles. The minimum absolute atomic E-state index is 0.0640. The molecule has 1 N–H and O–H groups in total. The van der Waals surface area contributed by atoms with Crippen molar-refractivity contribution in [2.24, 2.45) is 0 Å². The zero-order valence-electron chi connectivity index (χ0n) is 14.9. The van der Waals surface area contributed by atoms with Crippen LogP contribution >= 0.6 is 0 Å². The fourth-order valence-corrected chi connectivity index (χ4v) is 3.73. The Morgan fingerprint density at radius 2 is 1.79 bits per heavy atom. The highest BCUT2D eigenvalue weighted by Crippen LogP contribution is 2.43. The number of benzene rings is 2. The van der Waals surface area contributed by atoms with Crippen molar-refractivity contribution < 1.29 is 4.42 Å². The van der Waals surface area contributed by atoms with Crippen molar-refractivity contribution in [3.8, 4) is 11.1 Å². The standard InChI is InChI=1S/C22H24NO/c1-14-16-9-5-6-11-18(16)24-21(22(2,3)4)19(14)17-10-7-8-15-12-13-23-20(15)17/h5-11,23H,12-13H2,1-4H3/q+1. The van der Waals surface area contributed by atoms with Gasteiger partial charge < -0.3 is 5.32 Å². The molecule has 1 aromatic heterocycles. The molecule has 3 aromatic rings. The molecule has 0 bridgehead atoms. The van der Waals surface area contributed by atoms with Crippen LogP contribution in [-0.2, 0) is 11.8 Å². The minimum Gasteiger partial charge on any atom is -0.384 e. The molecule has 0 atom stereocenters. The Labute approximate surface area is 143 Å². The van der Waals surface area contributed by atoms with Crippen molar-refractivity contribution in [2.75, 3.05) is 11.9 Å². The molecule has 2 heterocycles. The van der Waals surface area contributed by atoms with E-state index in [9.17, 15) is 0 Å². The average molecular weight is 318 g/mol. The highest BCUT2D eigenvalue weighted by Gasteiger charge is 2.35. The maximum atomic E-state index is 6.42. The van der Waals surface area contributed by atoms with Crippen molar-refractivity contribution in [1.29, 1.82) is 0 Å². The van der Waals surface area contributed by atoms with Crippen LogP contribution in [0.25, 0.3) is 22.1 Å². The van der Waals surface area contributed by atoms with Crippen LogP contribution in [0.2, 0.25) is 0 Å². The number of nitrogens with one attached hydrogen (secondary N) is 1. The Morgan fingerprint density at radius 1 is 1.00 bits per heavy atom. The van der Waals surface area contributed by atoms with Gasteiger partial charge in [0.1, 0.15) is 0 Å². The molecule has 24 heavy (non-hydrogen) atoms.